The van der Waals surface area contributed by atoms with E-state index in [4.69, 9.17) is 23.9 Å². The number of carbonyl (C=O) groups excluding carboxylic acids is 2. The highest BCUT2D eigenvalue weighted by Gasteiger charge is 2.51. The molecule has 2 atom stereocenters. The van der Waals surface area contributed by atoms with E-state index in [0.717, 1.165) is 0 Å². The number of hydrogen-bond donors (Lipinski definition) is 0. The van der Waals surface area contributed by atoms with Crippen LogP contribution in [0.1, 0.15) is 106 Å². The monoisotopic (exact) mass is 517 g/mol. The summed E-state index contributed by atoms with van der Waals surface area (Å²) in [5, 5.41) is 4.19. The van der Waals surface area contributed by atoms with E-state index in [1.54, 1.807) is 19.9 Å². The predicted molar refractivity (Wildman–Crippen MR) is 139 cm³/mol. The number of pyridine rings is 1. The van der Waals surface area contributed by atoms with E-state index < -0.39 is 110 Å². The van der Waals surface area contributed by atoms with Gasteiger partial charge >= 0.3 is 5.97 Å². The Hall–Kier alpha value is -3.16. The van der Waals surface area contributed by atoms with Crippen molar-refractivity contribution in [3.63, 3.8) is 0 Å². The zero-order valence-electron chi connectivity index (χ0n) is 34.6. The van der Waals surface area contributed by atoms with Crippen molar-refractivity contribution >= 4 is 17.5 Å². The van der Waals surface area contributed by atoms with Crippen molar-refractivity contribution in [1.29, 1.82) is 0 Å². The van der Waals surface area contributed by atoms with Gasteiger partial charge in [-0.3, -0.25) is 14.6 Å². The van der Waals surface area contributed by atoms with E-state index >= 15 is 0 Å². The van der Waals surface area contributed by atoms with E-state index in [9.17, 15) is 9.59 Å². The van der Waals surface area contributed by atoms with Crippen LogP contribution in [0.5, 0.6) is 0 Å². The van der Waals surface area contributed by atoms with Crippen LogP contribution in [0.3, 0.4) is 0 Å². The summed E-state index contributed by atoms with van der Waals surface area (Å²) >= 11 is 0. The van der Waals surface area contributed by atoms with Gasteiger partial charge in [0.2, 0.25) is 0 Å². The average molecular weight is 518 g/mol. The van der Waals surface area contributed by atoms with Gasteiger partial charge < -0.3 is 4.74 Å². The maximum Gasteiger partial charge on any atom is 0.317 e. The molecule has 3 aromatic rings. The highest BCUT2D eigenvalue weighted by atomic mass is 16.6. The maximum absolute atomic E-state index is 13.9. The smallest absolute Gasteiger partial charge is 0.317 e. The summed E-state index contributed by atoms with van der Waals surface area (Å²) in [6.07, 6.45) is -8.21. The van der Waals surface area contributed by atoms with Crippen LogP contribution in [-0.4, -0.2) is 41.9 Å². The standard InChI is InChI=1S/C29H37N5O3/c1-5-22-14-20(15-23(6-2)31-22)11-12-29(21-9-7-8-10-21)17-25(35)24(27(36)37-29)16-26-32-28-30-18(3)13-19(4)34(28)33-26/h13-15,21,24H,5-12,16-17H2,1-4H3/t24?,29-/m1/s1/i1D3,2D3,5D2,6D2,14D,15D,16D2. The molecule has 1 aliphatic heterocycles. The second-order valence-corrected chi connectivity index (χ2v) is 9.66. The van der Waals surface area contributed by atoms with E-state index in [2.05, 4.69) is 20.1 Å². The van der Waals surface area contributed by atoms with Crippen molar-refractivity contribution in [1.82, 2.24) is 24.6 Å². The molecule has 0 bridgehead atoms. The molecule has 0 aromatic carbocycles. The van der Waals surface area contributed by atoms with Gasteiger partial charge in [-0.2, -0.15) is 4.98 Å². The Bertz CT molecular complexity index is 1810. The molecular formula is C29H37N5O3. The van der Waals surface area contributed by atoms with E-state index in [0.29, 0.717) is 37.1 Å². The van der Waals surface area contributed by atoms with E-state index in [1.807, 2.05) is 0 Å². The number of aryl methyl sites for hydroxylation is 4. The molecule has 5 rings (SSSR count). The van der Waals surface area contributed by atoms with Gasteiger partial charge in [0.1, 0.15) is 11.5 Å². The van der Waals surface area contributed by atoms with Crippen molar-refractivity contribution in [2.24, 2.45) is 11.8 Å². The van der Waals surface area contributed by atoms with Crippen molar-refractivity contribution in [3.05, 3.63) is 52.3 Å². The molecule has 8 nitrogen and oxygen atoms in total. The normalized spacial score (nSPS) is 30.1. The van der Waals surface area contributed by atoms with E-state index in [-0.39, 0.29) is 12.2 Å². The zero-order chi connectivity index (χ0) is 38.3. The van der Waals surface area contributed by atoms with Crippen molar-refractivity contribution in [3.8, 4) is 0 Å². The third kappa shape index (κ3) is 5.15. The SMILES string of the molecule is [2H]c1c(C([2H])([2H])C([2H])([2H])[2H])nc(C([2H])([2H])C([2H])([2H])[2H])c([2H])c1CC[C@]1(C2CCCC2)CC(=O)C(C([2H])([2H])c2nc3nc(C)cc(C)n3n2)C(=O)O1. The number of Topliss-reactive ketones (excluding diaryl/α,β-unsaturated/α-hetero) is 1. The molecule has 0 radical (unpaired) electrons. The summed E-state index contributed by atoms with van der Waals surface area (Å²) in [6, 6.07) is -0.0370. The number of cyclic esters (lactones) is 1. The zero-order valence-corrected chi connectivity index (χ0v) is 20.6. The lowest BCUT2D eigenvalue weighted by Gasteiger charge is -2.43. The number of nitrogens with zero attached hydrogens (tertiary/aromatic N) is 5. The minimum absolute atomic E-state index is 0.0718. The molecule has 1 saturated carbocycles. The van der Waals surface area contributed by atoms with Crippen LogP contribution in [0.25, 0.3) is 5.78 Å². The summed E-state index contributed by atoms with van der Waals surface area (Å²) in [7, 11) is 0. The topological polar surface area (TPSA) is 99.3 Å². The minimum atomic E-state index is -3.42. The van der Waals surface area contributed by atoms with Crippen LogP contribution in [0.2, 0.25) is 0 Å². The molecule has 0 N–H and O–H groups in total. The number of hydrogen-bond acceptors (Lipinski definition) is 7. The Balaban J connectivity index is 1.56. The van der Waals surface area contributed by atoms with Gasteiger partial charge in [-0.05, 0) is 81.9 Å². The number of rotatable bonds is 8. The largest absolute Gasteiger partial charge is 0.458 e. The molecule has 1 aliphatic carbocycles. The van der Waals surface area contributed by atoms with Crippen LogP contribution < -0.4 is 0 Å². The maximum atomic E-state index is 13.9. The lowest BCUT2D eigenvalue weighted by Crippen LogP contribution is -2.52. The summed E-state index contributed by atoms with van der Waals surface area (Å²) < 4.78 is 122. The first-order chi connectivity index (χ1) is 23.3. The lowest BCUT2D eigenvalue weighted by atomic mass is 9.73. The molecule has 1 saturated heterocycles. The fraction of sp³-hybridized carbons (Fsp3) is 0.586. The molecule has 37 heavy (non-hydrogen) atoms. The summed E-state index contributed by atoms with van der Waals surface area (Å²) in [5.74, 6) is -4.76. The Morgan fingerprint density at radius 1 is 1.14 bits per heavy atom. The van der Waals surface area contributed by atoms with Gasteiger partial charge in [0, 0.05) is 52.0 Å². The van der Waals surface area contributed by atoms with Crippen LogP contribution in [-0.2, 0) is 39.9 Å². The summed E-state index contributed by atoms with van der Waals surface area (Å²) in [5.41, 5.74) is -3.02. The molecule has 4 heterocycles. The number of aromatic nitrogens is 5. The fourth-order valence-electron chi connectivity index (χ4n) is 5.41. The lowest BCUT2D eigenvalue weighted by molar-refractivity contribution is -0.185. The highest BCUT2D eigenvalue weighted by molar-refractivity contribution is 6.01. The van der Waals surface area contributed by atoms with Crippen LogP contribution in [0, 0.1) is 25.7 Å². The molecule has 3 aromatic heterocycles. The van der Waals surface area contributed by atoms with Crippen molar-refractivity contribution in [2.75, 3.05) is 0 Å². The Kier molecular flexibility index (Phi) is 3.78. The van der Waals surface area contributed by atoms with Gasteiger partial charge in [0.25, 0.3) is 5.78 Å². The fourth-order valence-corrected chi connectivity index (χ4v) is 5.41. The van der Waals surface area contributed by atoms with Gasteiger partial charge in [-0.15, -0.1) is 5.10 Å². The molecule has 8 heteroatoms. The quantitative estimate of drug-likeness (QED) is 0.320. The molecule has 1 unspecified atom stereocenters. The third-order valence-corrected chi connectivity index (χ3v) is 7.12. The van der Waals surface area contributed by atoms with Gasteiger partial charge in [-0.25, -0.2) is 9.50 Å². The first kappa shape index (κ1) is 13.6. The predicted octanol–water partition coefficient (Wildman–Crippen LogP) is 4.50. The molecular weight excluding hydrogens is 466 g/mol. The van der Waals surface area contributed by atoms with E-state index in [1.165, 1.54) is 4.52 Å². The molecule has 0 amide bonds. The number of esters is 1. The average Bonchev–Trinajstić information content (AvgIpc) is 3.67. The van der Waals surface area contributed by atoms with Crippen molar-refractivity contribution < 1.29 is 33.5 Å². The first-order valence-corrected chi connectivity index (χ1v) is 12.2. The Morgan fingerprint density at radius 3 is 2.54 bits per heavy atom. The van der Waals surface area contributed by atoms with Crippen LogP contribution in [0.4, 0.5) is 0 Å². The highest BCUT2D eigenvalue weighted by Crippen LogP contribution is 2.45. The number of fused-ring (bicyclic) bond motifs is 1. The molecule has 2 fully saturated rings. The second kappa shape index (κ2) is 10.3. The summed E-state index contributed by atoms with van der Waals surface area (Å²) in [4.78, 5) is 39.8. The van der Waals surface area contributed by atoms with Crippen molar-refractivity contribution in [2.45, 2.75) is 97.2 Å². The molecule has 2 aliphatic rings. The number of carbonyl (C=O) groups is 2. The van der Waals surface area contributed by atoms with Gasteiger partial charge in [-0.1, -0.05) is 26.5 Å². The Labute approximate surface area is 237 Å². The molecule has 0 spiro atoms. The number of ketones is 1. The minimum Gasteiger partial charge on any atom is -0.458 e. The van der Waals surface area contributed by atoms with Crippen LogP contribution in [0.15, 0.2) is 18.2 Å². The molecule has 196 valence electrons. The number of ether oxygens (including phenoxy) is 1. The Morgan fingerprint density at radius 2 is 1.86 bits per heavy atom. The second-order valence-electron chi connectivity index (χ2n) is 9.66. The van der Waals surface area contributed by atoms with Gasteiger partial charge in [0.15, 0.2) is 11.6 Å². The summed E-state index contributed by atoms with van der Waals surface area (Å²) in [6.45, 7) is -3.42. The van der Waals surface area contributed by atoms with Gasteiger partial charge in [0.05, 0.1) is 2.74 Å². The van der Waals surface area contributed by atoms with Crippen LogP contribution >= 0.6 is 0 Å². The third-order valence-electron chi connectivity index (χ3n) is 7.12. The first-order valence-electron chi connectivity index (χ1n) is 19.2.